The molecule has 5 rings (SSSR count). The summed E-state index contributed by atoms with van der Waals surface area (Å²) >= 11 is 0. The molecule has 0 radical (unpaired) electrons. The lowest BCUT2D eigenvalue weighted by Gasteiger charge is -2.61. The molecule has 0 aromatic carbocycles. The molecule has 3 heteroatoms. The third kappa shape index (κ3) is 4.75. The lowest BCUT2D eigenvalue weighted by Crippen LogP contribution is -2.55. The van der Waals surface area contributed by atoms with Crippen molar-refractivity contribution in [3.63, 3.8) is 0 Å². The van der Waals surface area contributed by atoms with Gasteiger partial charge in [-0.05, 0) is 137 Å². The third-order valence-electron chi connectivity index (χ3n) is 11.6. The van der Waals surface area contributed by atoms with Gasteiger partial charge in [-0.15, -0.1) is 0 Å². The van der Waals surface area contributed by atoms with E-state index in [9.17, 15) is 0 Å². The van der Waals surface area contributed by atoms with E-state index >= 15 is 0 Å². The molecule has 0 aromatic rings. The number of allylic oxidation sites excluding steroid dienone is 1. The second-order valence-corrected chi connectivity index (χ2v) is 13.1. The van der Waals surface area contributed by atoms with E-state index in [2.05, 4.69) is 48.7 Å². The van der Waals surface area contributed by atoms with Crippen molar-refractivity contribution in [2.24, 2.45) is 45.4 Å². The van der Waals surface area contributed by atoms with Crippen molar-refractivity contribution in [3.8, 4) is 0 Å². The average Bonchev–Trinajstić information content (AvgIpc) is 3.13. The first-order valence-electron chi connectivity index (χ1n) is 14.7. The predicted octanol–water partition coefficient (Wildman–Crippen LogP) is 6.74. The van der Waals surface area contributed by atoms with Crippen LogP contribution >= 0.6 is 0 Å². The summed E-state index contributed by atoms with van der Waals surface area (Å²) in [6.45, 7) is 11.2. The lowest BCUT2D eigenvalue weighted by atomic mass is 9.44. The molecule has 0 spiro atoms. The number of aliphatic imine (C=N–C) groups is 1. The Hall–Kier alpha value is -0.670. The van der Waals surface area contributed by atoms with Gasteiger partial charge in [0.05, 0.1) is 0 Å². The Bertz CT molecular complexity index is 728. The summed E-state index contributed by atoms with van der Waals surface area (Å²) in [5, 5.41) is 7.54. The highest BCUT2D eigenvalue weighted by Gasteiger charge is 2.59. The van der Waals surface area contributed by atoms with Crippen molar-refractivity contribution in [1.29, 1.82) is 0 Å². The Labute approximate surface area is 204 Å². The maximum Gasteiger partial charge on any atom is 0.0498 e. The van der Waals surface area contributed by atoms with E-state index in [-0.39, 0.29) is 0 Å². The topological polar surface area (TPSA) is 36.4 Å². The van der Waals surface area contributed by atoms with Crippen molar-refractivity contribution in [3.05, 3.63) is 11.8 Å². The zero-order chi connectivity index (χ0) is 22.9. The van der Waals surface area contributed by atoms with E-state index in [1.165, 1.54) is 82.9 Å². The summed E-state index contributed by atoms with van der Waals surface area (Å²) in [7, 11) is 0. The minimum absolute atomic E-state index is 0.633. The normalized spacial score (nSPS) is 44.6. The molecular weight excluding hydrogens is 402 g/mol. The van der Waals surface area contributed by atoms with Gasteiger partial charge in [0.1, 0.15) is 0 Å². The zero-order valence-electron chi connectivity index (χ0n) is 21.9. The van der Waals surface area contributed by atoms with Crippen molar-refractivity contribution in [2.45, 2.75) is 110 Å². The fourth-order valence-electron chi connectivity index (χ4n) is 9.28. The van der Waals surface area contributed by atoms with Crippen molar-refractivity contribution >= 4 is 6.21 Å². The molecule has 7 unspecified atom stereocenters. The van der Waals surface area contributed by atoms with Crippen LogP contribution in [0.1, 0.15) is 104 Å². The quantitative estimate of drug-likeness (QED) is 0.399. The summed E-state index contributed by atoms with van der Waals surface area (Å²) in [5.74, 6) is 5.04. The molecule has 1 aliphatic heterocycles. The van der Waals surface area contributed by atoms with E-state index in [0.717, 1.165) is 61.6 Å². The highest BCUT2D eigenvalue weighted by Crippen LogP contribution is 2.67. The molecule has 4 aliphatic carbocycles. The molecular formula is C30H51N3. The van der Waals surface area contributed by atoms with Gasteiger partial charge in [-0.1, -0.05) is 26.8 Å². The molecule has 8 atom stereocenters. The van der Waals surface area contributed by atoms with Crippen LogP contribution in [0.5, 0.6) is 0 Å². The van der Waals surface area contributed by atoms with Crippen molar-refractivity contribution in [1.82, 2.24) is 10.6 Å². The summed E-state index contributed by atoms with van der Waals surface area (Å²) in [6, 6.07) is 0.773. The van der Waals surface area contributed by atoms with Crippen molar-refractivity contribution < 1.29 is 0 Å². The monoisotopic (exact) mass is 453 g/mol. The van der Waals surface area contributed by atoms with Crippen LogP contribution in [-0.4, -0.2) is 31.9 Å². The fraction of sp³-hybridized carbons (Fsp3) is 0.900. The summed E-state index contributed by atoms with van der Waals surface area (Å²) in [4.78, 5) is 4.47. The van der Waals surface area contributed by atoms with Gasteiger partial charge >= 0.3 is 0 Å². The van der Waals surface area contributed by atoms with E-state index in [4.69, 9.17) is 0 Å². The minimum Gasteiger partial charge on any atom is -0.314 e. The average molecular weight is 454 g/mol. The van der Waals surface area contributed by atoms with E-state index < -0.39 is 0 Å². The second kappa shape index (κ2) is 10.1. The van der Waals surface area contributed by atoms with Crippen LogP contribution in [0.15, 0.2) is 16.8 Å². The van der Waals surface area contributed by atoms with E-state index in [0.29, 0.717) is 10.8 Å². The van der Waals surface area contributed by atoms with Crippen LogP contribution in [0.25, 0.3) is 0 Å². The lowest BCUT2D eigenvalue weighted by molar-refractivity contribution is -0.113. The molecule has 5 aliphatic rings. The molecule has 33 heavy (non-hydrogen) atoms. The van der Waals surface area contributed by atoms with E-state index in [1.807, 2.05) is 0 Å². The van der Waals surface area contributed by atoms with Gasteiger partial charge in [0.2, 0.25) is 0 Å². The van der Waals surface area contributed by atoms with Crippen LogP contribution in [0.3, 0.4) is 0 Å². The molecule has 4 fully saturated rings. The fourth-order valence-corrected chi connectivity index (χ4v) is 9.28. The van der Waals surface area contributed by atoms with Crippen LogP contribution in [-0.2, 0) is 0 Å². The molecule has 3 nitrogen and oxygen atoms in total. The van der Waals surface area contributed by atoms with Gasteiger partial charge < -0.3 is 10.6 Å². The minimum atomic E-state index is 0.633. The molecule has 0 amide bonds. The molecule has 0 bridgehead atoms. The van der Waals surface area contributed by atoms with Crippen LogP contribution in [0, 0.1) is 40.4 Å². The second-order valence-electron chi connectivity index (χ2n) is 13.1. The molecule has 4 saturated carbocycles. The molecule has 0 aromatic heterocycles. The van der Waals surface area contributed by atoms with Crippen molar-refractivity contribution in [2.75, 3.05) is 19.6 Å². The van der Waals surface area contributed by atoms with E-state index in [1.54, 1.807) is 0 Å². The van der Waals surface area contributed by atoms with Crippen LogP contribution < -0.4 is 10.6 Å². The highest BCUT2D eigenvalue weighted by atomic mass is 14.9. The smallest absolute Gasteiger partial charge is 0.0498 e. The van der Waals surface area contributed by atoms with Crippen LogP contribution in [0.2, 0.25) is 0 Å². The largest absolute Gasteiger partial charge is 0.314 e. The standard InChI is InChI=1S/C30H51N3/c1-22-9-12-27-26-11-10-23-20-24(13-15-30(23,3)28(26)14-16-29(22,27)2)32-19-7-6-17-31-21-25-8-4-5-18-33-25/h8,18,22-24,26-28,31-32H,4-7,9-17,19-21H2,1-3H3/t22?,23?,24-,26?,27?,28?,29?,30?/m1/s1. The Morgan fingerprint density at radius 2 is 1.73 bits per heavy atom. The first kappa shape index (κ1) is 24.0. The maximum absolute atomic E-state index is 4.47. The first-order valence-corrected chi connectivity index (χ1v) is 14.7. The Morgan fingerprint density at radius 3 is 2.58 bits per heavy atom. The Kier molecular flexibility index (Phi) is 7.38. The van der Waals surface area contributed by atoms with Gasteiger partial charge in [0, 0.05) is 24.5 Å². The predicted molar refractivity (Wildman–Crippen MR) is 141 cm³/mol. The SMILES string of the molecule is CC1CCC2C3CCC4C[C@H](NCCCCNCC5=CCCC=N5)CCC4(C)C3CCC12C. The molecule has 0 saturated heterocycles. The molecule has 2 N–H and O–H groups in total. The van der Waals surface area contributed by atoms with Crippen LogP contribution in [0.4, 0.5) is 0 Å². The highest BCUT2D eigenvalue weighted by molar-refractivity contribution is 5.60. The number of rotatable bonds is 8. The summed E-state index contributed by atoms with van der Waals surface area (Å²) < 4.78 is 0. The first-order chi connectivity index (χ1) is 16.0. The summed E-state index contributed by atoms with van der Waals surface area (Å²) in [5.41, 5.74) is 2.52. The number of fused-ring (bicyclic) bond motifs is 5. The summed E-state index contributed by atoms with van der Waals surface area (Å²) in [6.07, 6.45) is 22.6. The van der Waals surface area contributed by atoms with Gasteiger partial charge in [-0.3, -0.25) is 4.99 Å². The maximum atomic E-state index is 4.47. The number of hydrogen-bond acceptors (Lipinski definition) is 3. The third-order valence-corrected chi connectivity index (χ3v) is 11.6. The molecule has 186 valence electrons. The van der Waals surface area contributed by atoms with Gasteiger partial charge in [0.15, 0.2) is 0 Å². The number of nitrogens with one attached hydrogen (secondary N) is 2. The van der Waals surface area contributed by atoms with Gasteiger partial charge in [0.25, 0.3) is 0 Å². The Balaban J connectivity index is 1.04. The number of nitrogens with zero attached hydrogens (tertiary/aromatic N) is 1. The zero-order valence-corrected chi connectivity index (χ0v) is 21.9. The Morgan fingerprint density at radius 1 is 0.909 bits per heavy atom. The van der Waals surface area contributed by atoms with Gasteiger partial charge in [-0.2, -0.15) is 0 Å². The molecule has 1 heterocycles. The number of hydrogen-bond donors (Lipinski definition) is 2. The number of unbranched alkanes of at least 4 members (excludes halogenated alkanes) is 1. The van der Waals surface area contributed by atoms with Gasteiger partial charge in [-0.25, -0.2) is 0 Å².